The number of thiazole rings is 1. The summed E-state index contributed by atoms with van der Waals surface area (Å²) in [6.07, 6.45) is 1.46. The van der Waals surface area contributed by atoms with Crippen LogP contribution in [0.1, 0.15) is 19.5 Å². The van der Waals surface area contributed by atoms with Crippen molar-refractivity contribution < 1.29 is 31.5 Å². The topological polar surface area (TPSA) is 79.0 Å². The fraction of sp³-hybridized carbons (Fsp3) is 0.111. The molecule has 0 saturated carbocycles. The highest BCUT2D eigenvalue weighted by molar-refractivity contribution is 7.21. The third-order valence-corrected chi connectivity index (χ3v) is 7.26. The number of nitriles is 1. The molecule has 3 heterocycles. The molecule has 0 spiro atoms. The van der Waals surface area contributed by atoms with Gasteiger partial charge in [0.15, 0.2) is 28.9 Å². The number of para-hydroxylation sites is 1. The number of aromatic nitrogens is 2. The fourth-order valence-corrected chi connectivity index (χ4v) is 5.35. The number of likely N-dealkylation sites (N-methyl/N-ethyl adjacent to an activating group) is 1. The maximum absolute atomic E-state index is 14.5. The number of benzene rings is 2. The van der Waals surface area contributed by atoms with Crippen molar-refractivity contribution in [1.29, 1.82) is 5.26 Å². The number of carbonyl (C=O) groups is 2. The predicted molar refractivity (Wildman–Crippen MR) is 133 cm³/mol. The number of carbonyl (C=O) groups excluding carboxylic acids is 2. The molecule has 0 fully saturated rings. The molecule has 2 amide bonds. The van der Waals surface area contributed by atoms with Crippen LogP contribution in [0.25, 0.3) is 32.7 Å². The molecule has 0 radical (unpaired) electrons. The smallest absolute Gasteiger partial charge is 0.271 e. The summed E-state index contributed by atoms with van der Waals surface area (Å²) in [5.41, 5.74) is -0.0672. The first-order valence-corrected chi connectivity index (χ1v) is 12.2. The number of amides is 2. The Morgan fingerprint density at radius 2 is 1.59 bits per heavy atom. The monoisotopic (exact) mass is 554 g/mol. The average molecular weight is 555 g/mol. The molecule has 0 atom stereocenters. The number of halogens is 5. The number of fused-ring (bicyclic) bond motifs is 1. The van der Waals surface area contributed by atoms with Gasteiger partial charge in [-0.15, -0.1) is 11.3 Å². The van der Waals surface area contributed by atoms with Gasteiger partial charge in [0.05, 0.1) is 10.3 Å². The first-order valence-electron chi connectivity index (χ1n) is 11.4. The van der Waals surface area contributed by atoms with Gasteiger partial charge in [-0.05, 0) is 43.7 Å². The van der Waals surface area contributed by atoms with Gasteiger partial charge in [0.25, 0.3) is 11.8 Å². The molecule has 0 unspecified atom stereocenters. The van der Waals surface area contributed by atoms with E-state index < -0.39 is 51.5 Å². The van der Waals surface area contributed by atoms with Crippen molar-refractivity contribution in [3.8, 4) is 22.3 Å². The highest BCUT2D eigenvalue weighted by Crippen LogP contribution is 2.39. The summed E-state index contributed by atoms with van der Waals surface area (Å²) in [5, 5.41) is 9.09. The van der Waals surface area contributed by atoms with Crippen LogP contribution in [-0.4, -0.2) is 32.8 Å². The van der Waals surface area contributed by atoms with Crippen LogP contribution >= 0.6 is 11.3 Å². The largest absolute Gasteiger partial charge is 0.294 e. The molecule has 4 aromatic rings. The molecule has 0 N–H and O–H groups in total. The first-order chi connectivity index (χ1) is 18.6. The van der Waals surface area contributed by atoms with E-state index in [1.165, 1.54) is 23.6 Å². The van der Waals surface area contributed by atoms with Crippen molar-refractivity contribution in [3.63, 3.8) is 0 Å². The Hall–Kier alpha value is -4.63. The van der Waals surface area contributed by atoms with Crippen LogP contribution in [0, 0.1) is 40.4 Å². The number of imide groups is 1. The molecule has 1 aliphatic rings. The summed E-state index contributed by atoms with van der Waals surface area (Å²) < 4.78 is 72.2. The summed E-state index contributed by atoms with van der Waals surface area (Å²) in [6.45, 7) is 3.11. The molecule has 39 heavy (non-hydrogen) atoms. The highest BCUT2D eigenvalue weighted by Gasteiger charge is 2.35. The standard InChI is InChI=1S/C27H15F5N4O2S/c1-3-35-26(37)15(12(2)16(11-33)27(35)38)9-14-10-17-24(36(14)13-7-5-4-6-8-13)34-25(39-17)18-19(28)21(30)23(32)22(31)20(18)29/h4-10H,3H2,1-2H3/b15-9-. The van der Waals surface area contributed by atoms with Crippen LogP contribution in [0.15, 0.2) is 53.1 Å². The van der Waals surface area contributed by atoms with Crippen LogP contribution in [0.2, 0.25) is 0 Å². The van der Waals surface area contributed by atoms with E-state index in [1.807, 2.05) is 6.07 Å². The van der Waals surface area contributed by atoms with Crippen molar-refractivity contribution in [1.82, 2.24) is 14.5 Å². The number of hydrogen-bond acceptors (Lipinski definition) is 5. The zero-order valence-electron chi connectivity index (χ0n) is 20.2. The predicted octanol–water partition coefficient (Wildman–Crippen LogP) is 6.06. The Balaban J connectivity index is 1.78. The van der Waals surface area contributed by atoms with Gasteiger partial charge >= 0.3 is 0 Å². The molecule has 6 nitrogen and oxygen atoms in total. The molecular weight excluding hydrogens is 539 g/mol. The minimum absolute atomic E-state index is 0.0368. The number of nitrogens with zero attached hydrogens (tertiary/aromatic N) is 4. The summed E-state index contributed by atoms with van der Waals surface area (Å²) in [5.74, 6) is -11.7. The van der Waals surface area contributed by atoms with E-state index in [0.29, 0.717) is 27.4 Å². The second-order valence-corrected chi connectivity index (χ2v) is 9.45. The lowest BCUT2D eigenvalue weighted by Gasteiger charge is -2.26. The van der Waals surface area contributed by atoms with Gasteiger partial charge in [0.2, 0.25) is 5.82 Å². The molecule has 0 aliphatic carbocycles. The number of rotatable bonds is 4. The van der Waals surface area contributed by atoms with Gasteiger partial charge in [-0.25, -0.2) is 26.9 Å². The fourth-order valence-electron chi connectivity index (χ4n) is 4.32. The van der Waals surface area contributed by atoms with E-state index in [4.69, 9.17) is 0 Å². The van der Waals surface area contributed by atoms with E-state index in [1.54, 1.807) is 37.3 Å². The van der Waals surface area contributed by atoms with Gasteiger partial charge < -0.3 is 0 Å². The Labute approximate surface area is 221 Å². The molecule has 0 bridgehead atoms. The van der Waals surface area contributed by atoms with Gasteiger partial charge in [-0.1, -0.05) is 18.2 Å². The highest BCUT2D eigenvalue weighted by atomic mass is 32.1. The second kappa shape index (κ2) is 9.59. The van der Waals surface area contributed by atoms with Gasteiger partial charge in [0.1, 0.15) is 16.6 Å². The Kier molecular flexibility index (Phi) is 6.40. The summed E-state index contributed by atoms with van der Waals surface area (Å²) in [4.78, 5) is 30.8. The van der Waals surface area contributed by atoms with Crippen LogP contribution in [0.3, 0.4) is 0 Å². The van der Waals surface area contributed by atoms with Crippen molar-refractivity contribution >= 4 is 39.6 Å². The molecule has 0 saturated heterocycles. The van der Waals surface area contributed by atoms with Crippen LogP contribution in [0.4, 0.5) is 22.0 Å². The Bertz CT molecular complexity index is 1790. The lowest BCUT2D eigenvalue weighted by atomic mass is 9.94. The van der Waals surface area contributed by atoms with Crippen LogP contribution in [0.5, 0.6) is 0 Å². The summed E-state index contributed by atoms with van der Waals surface area (Å²) >= 11 is 0.695. The lowest BCUT2D eigenvalue weighted by molar-refractivity contribution is -0.140. The summed E-state index contributed by atoms with van der Waals surface area (Å²) in [7, 11) is 0. The van der Waals surface area contributed by atoms with E-state index in [0.717, 1.165) is 4.90 Å². The Morgan fingerprint density at radius 3 is 2.18 bits per heavy atom. The minimum Gasteiger partial charge on any atom is -0.294 e. The van der Waals surface area contributed by atoms with E-state index >= 15 is 0 Å². The zero-order chi connectivity index (χ0) is 28.2. The van der Waals surface area contributed by atoms with Crippen molar-refractivity contribution in [2.45, 2.75) is 13.8 Å². The normalized spacial score (nSPS) is 15.1. The third kappa shape index (κ3) is 3.93. The quantitative estimate of drug-likeness (QED) is 0.101. The van der Waals surface area contributed by atoms with Gasteiger partial charge in [-0.3, -0.25) is 19.1 Å². The first kappa shape index (κ1) is 26.0. The minimum atomic E-state index is -2.27. The van der Waals surface area contributed by atoms with Crippen LogP contribution in [-0.2, 0) is 9.59 Å². The molecule has 2 aromatic heterocycles. The molecule has 1 aliphatic heterocycles. The molecule has 196 valence electrons. The Morgan fingerprint density at radius 1 is 0.974 bits per heavy atom. The third-order valence-electron chi connectivity index (χ3n) is 6.26. The zero-order valence-corrected chi connectivity index (χ0v) is 21.0. The van der Waals surface area contributed by atoms with Crippen molar-refractivity contribution in [2.24, 2.45) is 0 Å². The number of hydrogen-bond donors (Lipinski definition) is 0. The molecule has 5 rings (SSSR count). The van der Waals surface area contributed by atoms with Crippen LogP contribution < -0.4 is 0 Å². The maximum Gasteiger partial charge on any atom is 0.271 e. The van der Waals surface area contributed by atoms with Crippen molar-refractivity contribution in [2.75, 3.05) is 6.54 Å². The SMILES string of the molecule is CCN1C(=O)C(C#N)=C(C)/C(=C/c2cc3sc(-c4c(F)c(F)c(F)c(F)c4F)nc3n2-c2ccccc2)C1=O. The average Bonchev–Trinajstić information content (AvgIpc) is 3.47. The molecule has 2 aromatic carbocycles. The second-order valence-electron chi connectivity index (χ2n) is 8.42. The maximum atomic E-state index is 14.5. The summed E-state index contributed by atoms with van der Waals surface area (Å²) in [6, 6.07) is 11.9. The molecular formula is C27H15F5N4O2S. The van der Waals surface area contributed by atoms with E-state index in [2.05, 4.69) is 4.98 Å². The van der Waals surface area contributed by atoms with E-state index in [9.17, 15) is 36.8 Å². The molecule has 12 heteroatoms. The van der Waals surface area contributed by atoms with Crippen molar-refractivity contribution in [3.05, 3.63) is 87.9 Å². The van der Waals surface area contributed by atoms with Gasteiger partial charge in [0, 0.05) is 23.5 Å². The lowest BCUT2D eigenvalue weighted by Crippen LogP contribution is -2.42. The van der Waals surface area contributed by atoms with E-state index in [-0.39, 0.29) is 28.9 Å². The van der Waals surface area contributed by atoms with Gasteiger partial charge in [-0.2, -0.15) is 5.26 Å².